The molecule has 0 aliphatic rings. The number of rotatable bonds is 6. The van der Waals surface area contributed by atoms with E-state index < -0.39 is 6.10 Å². The number of ether oxygens (including phenoxy) is 2. The van der Waals surface area contributed by atoms with Gasteiger partial charge in [-0.1, -0.05) is 19.9 Å². The second kappa shape index (κ2) is 6.99. The Morgan fingerprint density at radius 1 is 1.22 bits per heavy atom. The Bertz CT molecular complexity index is 353. The molecule has 0 radical (unpaired) electrons. The van der Waals surface area contributed by atoms with E-state index in [4.69, 9.17) is 9.47 Å². The molecule has 4 nitrogen and oxygen atoms in total. The van der Waals surface area contributed by atoms with Crippen molar-refractivity contribution in [2.45, 2.75) is 40.7 Å². The fraction of sp³-hybridized carbons (Fsp3) is 0.571. The normalized spacial score (nSPS) is 13.7. The van der Waals surface area contributed by atoms with E-state index >= 15 is 0 Å². The third-order valence-corrected chi connectivity index (χ3v) is 2.49. The molecule has 0 saturated carbocycles. The van der Waals surface area contributed by atoms with Crippen molar-refractivity contribution in [3.63, 3.8) is 0 Å². The number of hydrogen-bond acceptors (Lipinski definition) is 4. The molecule has 18 heavy (non-hydrogen) atoms. The Labute approximate surface area is 109 Å². The van der Waals surface area contributed by atoms with Gasteiger partial charge in [0.05, 0.1) is 0 Å². The van der Waals surface area contributed by atoms with Crippen LogP contribution in [-0.4, -0.2) is 24.6 Å². The Morgan fingerprint density at radius 2 is 1.78 bits per heavy atom. The first-order chi connectivity index (χ1) is 8.19. The van der Waals surface area contributed by atoms with Gasteiger partial charge in [-0.15, -0.1) is 6.58 Å². The van der Waals surface area contributed by atoms with E-state index in [-0.39, 0.29) is 24.0 Å². The monoisotopic (exact) mass is 254 g/mol. The number of carbonyl (C=O) groups excluding carboxylic acids is 2. The van der Waals surface area contributed by atoms with Crippen LogP contribution in [0.1, 0.15) is 34.6 Å². The first-order valence-corrected chi connectivity index (χ1v) is 5.80. The van der Waals surface area contributed by atoms with Crippen molar-refractivity contribution in [3.05, 3.63) is 24.3 Å². The van der Waals surface area contributed by atoms with Gasteiger partial charge in [-0.05, 0) is 18.6 Å². The molecule has 0 amide bonds. The lowest BCUT2D eigenvalue weighted by Crippen LogP contribution is -2.30. The van der Waals surface area contributed by atoms with Crippen molar-refractivity contribution in [1.82, 2.24) is 0 Å². The molecular formula is C14H22O4. The molecule has 4 heteroatoms. The standard InChI is InChI=1S/C14H22O4/c1-7-14(5,6)13(18-12(4)16)8-10(2)9-17-11(3)15/h7-8,13H,1,9H2,2-6H3. The minimum atomic E-state index is -0.428. The van der Waals surface area contributed by atoms with Crippen molar-refractivity contribution < 1.29 is 19.1 Å². The lowest BCUT2D eigenvalue weighted by Gasteiger charge is -2.28. The second-order valence-electron chi connectivity index (χ2n) is 4.85. The largest absolute Gasteiger partial charge is 0.461 e. The first-order valence-electron chi connectivity index (χ1n) is 5.80. The Kier molecular flexibility index (Phi) is 6.37. The predicted octanol–water partition coefficient (Wildman–Crippen LogP) is 2.64. The highest BCUT2D eigenvalue weighted by atomic mass is 16.5. The van der Waals surface area contributed by atoms with Crippen LogP contribution in [0.5, 0.6) is 0 Å². The van der Waals surface area contributed by atoms with Gasteiger partial charge >= 0.3 is 11.9 Å². The van der Waals surface area contributed by atoms with E-state index in [1.54, 1.807) is 12.2 Å². The Morgan fingerprint density at radius 3 is 2.17 bits per heavy atom. The first kappa shape index (κ1) is 16.4. The molecule has 0 rings (SSSR count). The van der Waals surface area contributed by atoms with Gasteiger partial charge in [0.15, 0.2) is 0 Å². The van der Waals surface area contributed by atoms with Crippen LogP contribution in [-0.2, 0) is 19.1 Å². The Balaban J connectivity index is 4.87. The molecule has 1 atom stereocenters. The van der Waals surface area contributed by atoms with Gasteiger partial charge < -0.3 is 9.47 Å². The van der Waals surface area contributed by atoms with Crippen LogP contribution in [0, 0.1) is 5.41 Å². The lowest BCUT2D eigenvalue weighted by atomic mass is 9.85. The van der Waals surface area contributed by atoms with Crippen LogP contribution in [0.2, 0.25) is 0 Å². The van der Waals surface area contributed by atoms with Crippen LogP contribution >= 0.6 is 0 Å². The summed E-state index contributed by atoms with van der Waals surface area (Å²) < 4.78 is 10.1. The molecule has 0 aliphatic heterocycles. The lowest BCUT2D eigenvalue weighted by molar-refractivity contribution is -0.148. The zero-order chi connectivity index (χ0) is 14.3. The van der Waals surface area contributed by atoms with Gasteiger partial charge in [-0.25, -0.2) is 0 Å². The molecule has 0 aromatic rings. The summed E-state index contributed by atoms with van der Waals surface area (Å²) in [5.41, 5.74) is 0.440. The summed E-state index contributed by atoms with van der Waals surface area (Å²) in [6.07, 6.45) is 3.09. The summed E-state index contributed by atoms with van der Waals surface area (Å²) in [5.74, 6) is -0.693. The van der Waals surface area contributed by atoms with Crippen molar-refractivity contribution in [2.24, 2.45) is 5.41 Å². The summed E-state index contributed by atoms with van der Waals surface area (Å²) in [7, 11) is 0. The van der Waals surface area contributed by atoms with E-state index in [1.807, 2.05) is 20.8 Å². The van der Waals surface area contributed by atoms with Gasteiger partial charge in [0, 0.05) is 19.3 Å². The minimum absolute atomic E-state index is 0.195. The molecule has 0 fully saturated rings. The molecule has 0 spiro atoms. The van der Waals surface area contributed by atoms with Crippen molar-refractivity contribution in [2.75, 3.05) is 6.61 Å². The maximum atomic E-state index is 11.1. The molecule has 0 saturated heterocycles. The van der Waals surface area contributed by atoms with Crippen LogP contribution in [0.15, 0.2) is 24.3 Å². The van der Waals surface area contributed by atoms with E-state index in [0.717, 1.165) is 5.57 Å². The van der Waals surface area contributed by atoms with Crippen LogP contribution in [0.4, 0.5) is 0 Å². The maximum absolute atomic E-state index is 11.1. The highest BCUT2D eigenvalue weighted by Crippen LogP contribution is 2.26. The van der Waals surface area contributed by atoms with Gasteiger partial charge in [0.2, 0.25) is 0 Å². The summed E-state index contributed by atoms with van der Waals surface area (Å²) in [4.78, 5) is 21.8. The van der Waals surface area contributed by atoms with Crippen LogP contribution in [0.3, 0.4) is 0 Å². The van der Waals surface area contributed by atoms with Crippen LogP contribution < -0.4 is 0 Å². The topological polar surface area (TPSA) is 52.6 Å². The molecule has 0 aromatic carbocycles. The average molecular weight is 254 g/mol. The Hall–Kier alpha value is -1.58. The predicted molar refractivity (Wildman–Crippen MR) is 69.9 cm³/mol. The van der Waals surface area contributed by atoms with Crippen molar-refractivity contribution >= 4 is 11.9 Å². The molecule has 102 valence electrons. The smallest absolute Gasteiger partial charge is 0.303 e. The third-order valence-electron chi connectivity index (χ3n) is 2.49. The second-order valence-corrected chi connectivity index (χ2v) is 4.85. The van der Waals surface area contributed by atoms with Gasteiger partial charge in [-0.3, -0.25) is 9.59 Å². The van der Waals surface area contributed by atoms with E-state index in [9.17, 15) is 9.59 Å². The summed E-state index contributed by atoms with van der Waals surface area (Å²) in [6, 6.07) is 0. The SMILES string of the molecule is C=CC(C)(C)C(C=C(C)COC(C)=O)OC(C)=O. The van der Waals surface area contributed by atoms with Gasteiger partial charge in [0.25, 0.3) is 0 Å². The number of hydrogen-bond donors (Lipinski definition) is 0. The maximum Gasteiger partial charge on any atom is 0.303 e. The summed E-state index contributed by atoms with van der Waals surface area (Å²) >= 11 is 0. The zero-order valence-corrected chi connectivity index (χ0v) is 11.8. The van der Waals surface area contributed by atoms with Crippen LogP contribution in [0.25, 0.3) is 0 Å². The van der Waals surface area contributed by atoms with E-state index in [0.29, 0.717) is 0 Å². The fourth-order valence-corrected chi connectivity index (χ4v) is 1.22. The molecule has 0 heterocycles. The summed E-state index contributed by atoms with van der Waals surface area (Å²) in [5, 5.41) is 0. The molecule has 0 aromatic heterocycles. The van der Waals surface area contributed by atoms with Gasteiger partial charge in [-0.2, -0.15) is 0 Å². The molecular weight excluding hydrogens is 232 g/mol. The van der Waals surface area contributed by atoms with E-state index in [1.165, 1.54) is 13.8 Å². The fourth-order valence-electron chi connectivity index (χ4n) is 1.22. The number of esters is 2. The quantitative estimate of drug-likeness (QED) is 0.540. The van der Waals surface area contributed by atoms with Gasteiger partial charge in [0.1, 0.15) is 12.7 Å². The highest BCUT2D eigenvalue weighted by Gasteiger charge is 2.27. The summed E-state index contributed by atoms with van der Waals surface area (Å²) in [6.45, 7) is 12.3. The minimum Gasteiger partial charge on any atom is -0.461 e. The molecule has 0 aliphatic carbocycles. The average Bonchev–Trinajstić information content (AvgIpc) is 2.24. The van der Waals surface area contributed by atoms with E-state index in [2.05, 4.69) is 6.58 Å². The highest BCUT2D eigenvalue weighted by molar-refractivity contribution is 5.66. The van der Waals surface area contributed by atoms with Crippen molar-refractivity contribution in [1.29, 1.82) is 0 Å². The van der Waals surface area contributed by atoms with Crippen molar-refractivity contribution in [3.8, 4) is 0 Å². The third kappa shape index (κ3) is 6.23. The molecule has 0 bridgehead atoms. The molecule has 0 N–H and O–H groups in total. The number of carbonyl (C=O) groups is 2. The zero-order valence-electron chi connectivity index (χ0n) is 11.8. The molecule has 1 unspecified atom stereocenters.